The lowest BCUT2D eigenvalue weighted by molar-refractivity contribution is 0.102. The van der Waals surface area contributed by atoms with Crippen LogP contribution in [0, 0.1) is 0 Å². The predicted molar refractivity (Wildman–Crippen MR) is 174 cm³/mol. The van der Waals surface area contributed by atoms with E-state index in [4.69, 9.17) is 4.98 Å². The summed E-state index contributed by atoms with van der Waals surface area (Å²) in [6, 6.07) is 22.8. The summed E-state index contributed by atoms with van der Waals surface area (Å²) in [4.78, 5) is 22.4. The van der Waals surface area contributed by atoms with E-state index in [0.29, 0.717) is 31.1 Å². The first-order valence-corrected chi connectivity index (χ1v) is 17.6. The van der Waals surface area contributed by atoms with Gasteiger partial charge in [-0.1, -0.05) is 36.4 Å². The van der Waals surface area contributed by atoms with E-state index >= 15 is 0 Å². The Bertz CT molecular complexity index is 1910. The van der Waals surface area contributed by atoms with Crippen LogP contribution in [-0.4, -0.2) is 47.6 Å². The summed E-state index contributed by atoms with van der Waals surface area (Å²) in [7, 11) is -3.68. The molecule has 1 amide bonds. The number of aromatic nitrogens is 1. The zero-order valence-electron chi connectivity index (χ0n) is 24.0. The first-order chi connectivity index (χ1) is 20.8. The quantitative estimate of drug-likeness (QED) is 0.224. The standard InChI is InChI=1S/C33H32N4O3S3/c1-21(2)36-17-16-26-29(20-36)42-33(30(26)32-34-27-9-5-6-10-28(27)41-32)35-31(38)23-11-13-25(14-12-23)43(39,40)37-18-15-22-7-3-4-8-24(22)19-37/h3-14,21H,15-20H2,1-2H3,(H,35,38). The molecule has 0 bridgehead atoms. The third kappa shape index (κ3) is 5.32. The van der Waals surface area contributed by atoms with Crippen molar-refractivity contribution >= 4 is 53.8 Å². The predicted octanol–water partition coefficient (Wildman–Crippen LogP) is 6.79. The van der Waals surface area contributed by atoms with Crippen molar-refractivity contribution in [2.75, 3.05) is 18.4 Å². The number of carbonyl (C=O) groups is 1. The van der Waals surface area contributed by atoms with Crippen LogP contribution in [0.25, 0.3) is 20.8 Å². The van der Waals surface area contributed by atoms with Crippen LogP contribution in [0.3, 0.4) is 0 Å². The van der Waals surface area contributed by atoms with E-state index in [2.05, 4.69) is 36.2 Å². The zero-order chi connectivity index (χ0) is 29.7. The lowest BCUT2D eigenvalue weighted by Gasteiger charge is -2.30. The van der Waals surface area contributed by atoms with Gasteiger partial charge in [0, 0.05) is 48.2 Å². The summed E-state index contributed by atoms with van der Waals surface area (Å²) in [5.41, 5.74) is 5.87. The maximum Gasteiger partial charge on any atom is 0.256 e. The fourth-order valence-corrected chi connectivity index (χ4v) is 9.73. The number of benzene rings is 3. The van der Waals surface area contributed by atoms with Crippen molar-refractivity contribution in [3.8, 4) is 10.6 Å². The second-order valence-corrected chi connectivity index (χ2v) is 15.4. The molecule has 1 N–H and O–H groups in total. The fourth-order valence-electron chi connectivity index (χ4n) is 5.94. The normalized spacial score (nSPS) is 15.9. The number of anilines is 1. The number of nitrogens with one attached hydrogen (secondary N) is 1. The van der Waals surface area contributed by atoms with E-state index in [0.717, 1.165) is 50.9 Å². The average Bonchev–Trinajstić information content (AvgIpc) is 3.61. The molecule has 2 aromatic heterocycles. The van der Waals surface area contributed by atoms with Gasteiger partial charge in [0.05, 0.1) is 15.1 Å². The van der Waals surface area contributed by atoms with Gasteiger partial charge < -0.3 is 5.32 Å². The van der Waals surface area contributed by atoms with Gasteiger partial charge in [0.15, 0.2) is 0 Å². The molecule has 220 valence electrons. The second kappa shape index (κ2) is 11.3. The van der Waals surface area contributed by atoms with Crippen molar-refractivity contribution in [3.63, 3.8) is 0 Å². The Hall–Kier alpha value is -3.41. The highest BCUT2D eigenvalue weighted by Crippen LogP contribution is 2.46. The lowest BCUT2D eigenvalue weighted by atomic mass is 10.0. The maximum atomic E-state index is 13.6. The van der Waals surface area contributed by atoms with Gasteiger partial charge in [-0.05, 0) is 79.8 Å². The Morgan fingerprint density at radius 1 is 0.884 bits per heavy atom. The number of sulfonamides is 1. The Morgan fingerprint density at radius 3 is 2.40 bits per heavy atom. The van der Waals surface area contributed by atoms with Crippen LogP contribution in [0.2, 0.25) is 0 Å². The van der Waals surface area contributed by atoms with Gasteiger partial charge in [-0.3, -0.25) is 9.69 Å². The van der Waals surface area contributed by atoms with Crippen molar-refractivity contribution in [3.05, 3.63) is 99.9 Å². The highest BCUT2D eigenvalue weighted by molar-refractivity contribution is 7.89. The summed E-state index contributed by atoms with van der Waals surface area (Å²) in [6.45, 7) is 7.03. The number of carbonyl (C=O) groups excluding carboxylic acids is 1. The summed E-state index contributed by atoms with van der Waals surface area (Å²) >= 11 is 3.27. The number of hydrogen-bond donors (Lipinski definition) is 1. The monoisotopic (exact) mass is 628 g/mol. The minimum Gasteiger partial charge on any atom is -0.313 e. The van der Waals surface area contributed by atoms with E-state index in [9.17, 15) is 13.2 Å². The van der Waals surface area contributed by atoms with Crippen LogP contribution in [0.4, 0.5) is 5.00 Å². The molecule has 2 aliphatic rings. The van der Waals surface area contributed by atoms with E-state index in [-0.39, 0.29) is 10.8 Å². The molecule has 0 fully saturated rings. The number of thiophene rings is 1. The van der Waals surface area contributed by atoms with Crippen LogP contribution in [0.15, 0.2) is 77.7 Å². The molecule has 7 rings (SSSR count). The number of thiazole rings is 1. The molecule has 0 saturated heterocycles. The van der Waals surface area contributed by atoms with Crippen molar-refractivity contribution in [2.45, 2.75) is 50.7 Å². The summed E-state index contributed by atoms with van der Waals surface area (Å²) in [5, 5.41) is 4.88. The number of nitrogens with zero attached hydrogens (tertiary/aromatic N) is 3. The third-order valence-corrected chi connectivity index (χ3v) is 12.4. The molecule has 3 aromatic carbocycles. The summed E-state index contributed by atoms with van der Waals surface area (Å²) in [6.07, 6.45) is 1.59. The van der Waals surface area contributed by atoms with Crippen LogP contribution < -0.4 is 5.32 Å². The molecule has 0 atom stereocenters. The number of amides is 1. The topological polar surface area (TPSA) is 82.6 Å². The Morgan fingerprint density at radius 2 is 1.63 bits per heavy atom. The lowest BCUT2D eigenvalue weighted by Crippen LogP contribution is -2.35. The summed E-state index contributed by atoms with van der Waals surface area (Å²) in [5.74, 6) is -0.266. The zero-order valence-corrected chi connectivity index (χ0v) is 26.5. The van der Waals surface area contributed by atoms with Crippen LogP contribution in [-0.2, 0) is 36.0 Å². The smallest absolute Gasteiger partial charge is 0.256 e. The molecule has 4 heterocycles. The molecule has 5 aromatic rings. The molecule has 0 radical (unpaired) electrons. The van der Waals surface area contributed by atoms with Gasteiger partial charge in [-0.15, -0.1) is 22.7 Å². The molecule has 0 spiro atoms. The Balaban J connectivity index is 1.16. The van der Waals surface area contributed by atoms with Gasteiger partial charge in [0.2, 0.25) is 10.0 Å². The SMILES string of the molecule is CC(C)N1CCc2c(sc(NC(=O)c3ccc(S(=O)(=O)N4CCc5ccccc5C4)cc3)c2-c2nc3ccccc3s2)C1. The van der Waals surface area contributed by atoms with Crippen molar-refractivity contribution in [1.29, 1.82) is 0 Å². The van der Waals surface area contributed by atoms with E-state index < -0.39 is 10.0 Å². The molecule has 7 nitrogen and oxygen atoms in total. The second-order valence-electron chi connectivity index (χ2n) is 11.3. The van der Waals surface area contributed by atoms with E-state index in [1.165, 1.54) is 20.3 Å². The van der Waals surface area contributed by atoms with Crippen molar-refractivity contribution < 1.29 is 13.2 Å². The largest absolute Gasteiger partial charge is 0.313 e. The molecule has 0 aliphatic carbocycles. The molecule has 43 heavy (non-hydrogen) atoms. The number of para-hydroxylation sites is 1. The van der Waals surface area contributed by atoms with Crippen molar-refractivity contribution in [2.24, 2.45) is 0 Å². The van der Waals surface area contributed by atoms with Crippen LogP contribution in [0.1, 0.15) is 45.8 Å². The van der Waals surface area contributed by atoms with Gasteiger partial charge in [0.25, 0.3) is 5.91 Å². The Kier molecular flexibility index (Phi) is 7.43. The minimum absolute atomic E-state index is 0.193. The van der Waals surface area contributed by atoms with Gasteiger partial charge in [-0.2, -0.15) is 4.31 Å². The van der Waals surface area contributed by atoms with Gasteiger partial charge >= 0.3 is 0 Å². The molecule has 0 unspecified atom stereocenters. The number of rotatable bonds is 6. The van der Waals surface area contributed by atoms with E-state index in [1.807, 2.05) is 36.4 Å². The Labute approximate surface area is 259 Å². The molecule has 2 aliphatic heterocycles. The minimum atomic E-state index is -3.68. The maximum absolute atomic E-state index is 13.6. The fraction of sp³-hybridized carbons (Fsp3) is 0.273. The van der Waals surface area contributed by atoms with Gasteiger partial charge in [-0.25, -0.2) is 13.4 Å². The molecular formula is C33H32N4O3S3. The first-order valence-electron chi connectivity index (χ1n) is 14.5. The highest BCUT2D eigenvalue weighted by atomic mass is 32.2. The number of fused-ring (bicyclic) bond motifs is 3. The van der Waals surface area contributed by atoms with Gasteiger partial charge in [0.1, 0.15) is 10.0 Å². The molecular weight excluding hydrogens is 597 g/mol. The average molecular weight is 629 g/mol. The molecule has 10 heteroatoms. The molecule has 0 saturated carbocycles. The highest BCUT2D eigenvalue weighted by Gasteiger charge is 2.30. The van der Waals surface area contributed by atoms with Crippen LogP contribution >= 0.6 is 22.7 Å². The van der Waals surface area contributed by atoms with Crippen LogP contribution in [0.5, 0.6) is 0 Å². The summed E-state index contributed by atoms with van der Waals surface area (Å²) < 4.78 is 29.5. The third-order valence-electron chi connectivity index (χ3n) is 8.40. The number of hydrogen-bond acceptors (Lipinski definition) is 7. The first kappa shape index (κ1) is 28.4. The van der Waals surface area contributed by atoms with E-state index in [1.54, 1.807) is 46.9 Å². The van der Waals surface area contributed by atoms with Crippen molar-refractivity contribution in [1.82, 2.24) is 14.2 Å².